The van der Waals surface area contributed by atoms with E-state index in [9.17, 15) is 9.59 Å². The van der Waals surface area contributed by atoms with Gasteiger partial charge in [0.1, 0.15) is 0 Å². The van der Waals surface area contributed by atoms with Crippen molar-refractivity contribution in [2.24, 2.45) is 5.41 Å². The minimum atomic E-state index is -0.423. The Balaban J connectivity index is 1.33. The van der Waals surface area contributed by atoms with Gasteiger partial charge in [0.15, 0.2) is 11.5 Å². The maximum absolute atomic E-state index is 13.1. The van der Waals surface area contributed by atoms with Crippen LogP contribution in [0.25, 0.3) is 0 Å². The fourth-order valence-corrected chi connectivity index (χ4v) is 4.64. The maximum atomic E-state index is 13.1. The normalized spacial score (nSPS) is 20.5. The molecular formula is C24H29N3O4. The van der Waals surface area contributed by atoms with E-state index in [4.69, 9.17) is 9.47 Å². The number of ether oxygens (including phenoxy) is 2. The molecule has 0 N–H and O–H groups in total. The summed E-state index contributed by atoms with van der Waals surface area (Å²) < 4.78 is 10.6. The van der Waals surface area contributed by atoms with Crippen molar-refractivity contribution >= 4 is 11.8 Å². The van der Waals surface area contributed by atoms with Crippen molar-refractivity contribution in [3.8, 4) is 11.5 Å². The van der Waals surface area contributed by atoms with Crippen LogP contribution in [0.4, 0.5) is 0 Å². The van der Waals surface area contributed by atoms with Crippen molar-refractivity contribution in [1.82, 2.24) is 14.8 Å². The smallest absolute Gasteiger partial charge is 0.231 e. The van der Waals surface area contributed by atoms with Gasteiger partial charge >= 0.3 is 0 Å². The molecule has 31 heavy (non-hydrogen) atoms. The second-order valence-electron chi connectivity index (χ2n) is 8.33. The van der Waals surface area contributed by atoms with Crippen LogP contribution >= 0.6 is 0 Å². The summed E-state index contributed by atoms with van der Waals surface area (Å²) in [5.74, 6) is 1.60. The zero-order chi connectivity index (χ0) is 21.8. The van der Waals surface area contributed by atoms with Crippen LogP contribution in [-0.4, -0.2) is 60.5 Å². The summed E-state index contributed by atoms with van der Waals surface area (Å²) in [6, 6.07) is 11.5. The van der Waals surface area contributed by atoms with Gasteiger partial charge in [-0.25, -0.2) is 0 Å². The molecule has 2 aliphatic heterocycles. The summed E-state index contributed by atoms with van der Waals surface area (Å²) in [7, 11) is 3.21. The molecule has 2 fully saturated rings. The third-order valence-corrected chi connectivity index (χ3v) is 6.46. The van der Waals surface area contributed by atoms with Gasteiger partial charge in [0, 0.05) is 32.3 Å². The molecule has 2 aliphatic rings. The molecule has 0 bridgehead atoms. The third kappa shape index (κ3) is 4.36. The lowest BCUT2D eigenvalue weighted by Gasteiger charge is -2.23. The van der Waals surface area contributed by atoms with Crippen LogP contribution in [0.5, 0.6) is 11.5 Å². The van der Waals surface area contributed by atoms with Crippen molar-refractivity contribution in [1.29, 1.82) is 0 Å². The summed E-state index contributed by atoms with van der Waals surface area (Å²) in [5, 5.41) is 0. The van der Waals surface area contributed by atoms with E-state index in [0.717, 1.165) is 30.6 Å². The molecule has 1 aromatic heterocycles. The Bertz CT molecular complexity index is 949. The number of aryl methyl sites for hydroxylation is 1. The highest BCUT2D eigenvalue weighted by Gasteiger charge is 2.51. The molecule has 4 rings (SSSR count). The van der Waals surface area contributed by atoms with Gasteiger partial charge in [-0.3, -0.25) is 14.6 Å². The number of likely N-dealkylation sites (tertiary alicyclic amines) is 2. The summed E-state index contributed by atoms with van der Waals surface area (Å²) >= 11 is 0. The predicted molar refractivity (Wildman–Crippen MR) is 116 cm³/mol. The molecule has 1 aromatic carbocycles. The molecule has 0 aliphatic carbocycles. The van der Waals surface area contributed by atoms with Gasteiger partial charge < -0.3 is 19.3 Å². The molecule has 7 heteroatoms. The highest BCUT2D eigenvalue weighted by atomic mass is 16.5. The van der Waals surface area contributed by atoms with Crippen molar-refractivity contribution in [3.63, 3.8) is 0 Å². The Morgan fingerprint density at radius 3 is 2.65 bits per heavy atom. The van der Waals surface area contributed by atoms with Gasteiger partial charge in [-0.15, -0.1) is 0 Å². The Kier molecular flexibility index (Phi) is 6.11. The van der Waals surface area contributed by atoms with E-state index in [2.05, 4.69) is 4.98 Å². The second-order valence-corrected chi connectivity index (χ2v) is 8.33. The van der Waals surface area contributed by atoms with Gasteiger partial charge in [-0.2, -0.15) is 0 Å². The summed E-state index contributed by atoms with van der Waals surface area (Å²) in [6.07, 6.45) is 4.34. The highest BCUT2D eigenvalue weighted by Crippen LogP contribution is 2.41. The van der Waals surface area contributed by atoms with E-state index in [1.807, 2.05) is 46.2 Å². The standard InChI is InChI=1S/C24H29N3O4/c1-30-20-8-6-18(15-21(20)31-2)7-9-22(28)27-14-11-24(17-27)10-13-26(23(24)29)16-19-5-3-4-12-25-19/h3-6,8,12,15H,7,9-11,13-14,16-17H2,1-2H3. The average molecular weight is 424 g/mol. The Morgan fingerprint density at radius 1 is 1.10 bits per heavy atom. The van der Waals surface area contributed by atoms with Gasteiger partial charge in [-0.1, -0.05) is 12.1 Å². The molecular weight excluding hydrogens is 394 g/mol. The topological polar surface area (TPSA) is 72.0 Å². The zero-order valence-corrected chi connectivity index (χ0v) is 18.2. The number of methoxy groups -OCH3 is 2. The van der Waals surface area contributed by atoms with E-state index in [0.29, 0.717) is 44.0 Å². The summed E-state index contributed by atoms with van der Waals surface area (Å²) in [5.41, 5.74) is 1.50. The number of amides is 2. The first kappa shape index (κ1) is 21.2. The molecule has 1 atom stereocenters. The largest absolute Gasteiger partial charge is 0.493 e. The zero-order valence-electron chi connectivity index (χ0n) is 18.2. The molecule has 2 amide bonds. The molecule has 0 saturated carbocycles. The average Bonchev–Trinajstić information content (AvgIpc) is 3.37. The van der Waals surface area contributed by atoms with Crippen LogP contribution in [0, 0.1) is 5.41 Å². The lowest BCUT2D eigenvalue weighted by atomic mass is 9.85. The lowest BCUT2D eigenvalue weighted by Crippen LogP contribution is -2.38. The SMILES string of the molecule is COc1ccc(CCC(=O)N2CCC3(CCN(Cc4ccccn4)C3=O)C2)cc1OC. The second kappa shape index (κ2) is 8.96. The number of pyridine rings is 1. The number of nitrogens with zero attached hydrogens (tertiary/aromatic N) is 3. The van der Waals surface area contributed by atoms with Crippen molar-refractivity contribution < 1.29 is 19.1 Å². The first-order valence-corrected chi connectivity index (χ1v) is 10.7. The minimum absolute atomic E-state index is 0.0997. The fraction of sp³-hybridized carbons (Fsp3) is 0.458. The van der Waals surface area contributed by atoms with Crippen LogP contribution in [0.3, 0.4) is 0 Å². The lowest BCUT2D eigenvalue weighted by molar-refractivity contribution is -0.137. The van der Waals surface area contributed by atoms with E-state index in [-0.39, 0.29) is 11.8 Å². The van der Waals surface area contributed by atoms with Crippen molar-refractivity contribution in [2.75, 3.05) is 33.9 Å². The molecule has 164 valence electrons. The Labute approximate surface area is 183 Å². The molecule has 2 aromatic rings. The van der Waals surface area contributed by atoms with E-state index in [1.54, 1.807) is 20.4 Å². The van der Waals surface area contributed by atoms with Gasteiger partial charge in [0.05, 0.1) is 31.9 Å². The van der Waals surface area contributed by atoms with E-state index >= 15 is 0 Å². The first-order valence-electron chi connectivity index (χ1n) is 10.7. The van der Waals surface area contributed by atoms with Gasteiger partial charge in [0.25, 0.3) is 0 Å². The monoisotopic (exact) mass is 423 g/mol. The van der Waals surface area contributed by atoms with E-state index in [1.165, 1.54) is 0 Å². The van der Waals surface area contributed by atoms with E-state index < -0.39 is 5.41 Å². The van der Waals surface area contributed by atoms with Crippen LogP contribution in [0.1, 0.15) is 30.5 Å². The van der Waals surface area contributed by atoms with Gasteiger partial charge in [-0.05, 0) is 49.1 Å². The molecule has 2 saturated heterocycles. The number of carbonyl (C=O) groups excluding carboxylic acids is 2. The first-order chi connectivity index (χ1) is 15.0. The molecule has 1 unspecified atom stereocenters. The summed E-state index contributed by atoms with van der Waals surface area (Å²) in [4.78, 5) is 34.1. The predicted octanol–water partition coefficient (Wildman–Crippen LogP) is 2.68. The van der Waals surface area contributed by atoms with Crippen LogP contribution in [0.15, 0.2) is 42.6 Å². The third-order valence-electron chi connectivity index (χ3n) is 6.46. The van der Waals surface area contributed by atoms with Crippen LogP contribution in [-0.2, 0) is 22.6 Å². The number of hydrogen-bond donors (Lipinski definition) is 0. The Morgan fingerprint density at radius 2 is 1.90 bits per heavy atom. The number of carbonyl (C=O) groups is 2. The number of benzene rings is 1. The van der Waals surface area contributed by atoms with Crippen molar-refractivity contribution in [3.05, 3.63) is 53.9 Å². The molecule has 3 heterocycles. The molecule has 7 nitrogen and oxygen atoms in total. The highest BCUT2D eigenvalue weighted by molar-refractivity contribution is 5.87. The summed E-state index contributed by atoms with van der Waals surface area (Å²) in [6.45, 7) is 2.43. The molecule has 1 spiro atoms. The van der Waals surface area contributed by atoms with Crippen LogP contribution < -0.4 is 9.47 Å². The number of rotatable bonds is 7. The Hall–Kier alpha value is -3.09. The number of hydrogen-bond acceptors (Lipinski definition) is 5. The maximum Gasteiger partial charge on any atom is 0.231 e. The van der Waals surface area contributed by atoms with Gasteiger partial charge in [0.2, 0.25) is 11.8 Å². The fourth-order valence-electron chi connectivity index (χ4n) is 4.64. The molecule has 0 radical (unpaired) electrons. The van der Waals surface area contributed by atoms with Crippen molar-refractivity contribution in [2.45, 2.75) is 32.2 Å². The number of aromatic nitrogens is 1. The quantitative estimate of drug-likeness (QED) is 0.685. The van der Waals surface area contributed by atoms with Crippen LogP contribution in [0.2, 0.25) is 0 Å². The minimum Gasteiger partial charge on any atom is -0.493 e.